The van der Waals surface area contributed by atoms with E-state index in [0.29, 0.717) is 37.6 Å². The van der Waals surface area contributed by atoms with E-state index < -0.39 is 16.7 Å². The van der Waals surface area contributed by atoms with Gasteiger partial charge in [0.2, 0.25) is 0 Å². The first-order valence-electron chi connectivity index (χ1n) is 8.71. The summed E-state index contributed by atoms with van der Waals surface area (Å²) in [6.45, 7) is 2.43. The molecule has 1 atom stereocenters. The molecule has 0 aliphatic rings. The minimum Gasteiger partial charge on any atom is -0.332 e. The number of nitriles is 1. The number of carbonyl (C=O) groups excluding carboxylic acids is 1. The van der Waals surface area contributed by atoms with Gasteiger partial charge in [-0.05, 0) is 43.3 Å². The molecule has 0 aliphatic carbocycles. The summed E-state index contributed by atoms with van der Waals surface area (Å²) >= 11 is 12.6. The van der Waals surface area contributed by atoms with Crippen LogP contribution in [0.1, 0.15) is 24.2 Å². The minimum absolute atomic E-state index is 0.0634. The summed E-state index contributed by atoms with van der Waals surface area (Å²) in [5.74, 6) is -0.503. The molecule has 3 aromatic rings. The molecule has 3 rings (SSSR count). The number of amides is 1. The number of nitrogens with zero attached hydrogens (tertiary/aromatic N) is 3. The molecule has 5 nitrogen and oxygen atoms in total. The Labute approximate surface area is 185 Å². The van der Waals surface area contributed by atoms with Gasteiger partial charge in [-0.25, -0.2) is 0 Å². The Morgan fingerprint density at radius 1 is 1.27 bits per heavy atom. The zero-order valence-corrected chi connectivity index (χ0v) is 18.2. The van der Waals surface area contributed by atoms with Gasteiger partial charge in [-0.1, -0.05) is 35.0 Å². The zero-order valence-electron chi connectivity index (χ0n) is 15.9. The Morgan fingerprint density at radius 2 is 1.93 bits per heavy atom. The summed E-state index contributed by atoms with van der Waals surface area (Å²) in [7, 11) is 0. The number of nitrogens with one attached hydrogen (secondary N) is 1. The first-order chi connectivity index (χ1) is 14.0. The zero-order chi connectivity index (χ0) is 22.1. The maximum Gasteiger partial charge on any atom is 0.295 e. The van der Waals surface area contributed by atoms with Crippen LogP contribution in [0.5, 0.6) is 0 Å². The van der Waals surface area contributed by atoms with Crippen molar-refractivity contribution < 1.29 is 13.6 Å². The topological polar surface area (TPSA) is 70.7 Å². The lowest BCUT2D eigenvalue weighted by atomic mass is 10.0. The van der Waals surface area contributed by atoms with E-state index in [2.05, 4.69) is 16.5 Å². The van der Waals surface area contributed by atoms with E-state index in [4.69, 9.17) is 23.2 Å². The van der Waals surface area contributed by atoms with Gasteiger partial charge < -0.3 is 5.32 Å². The van der Waals surface area contributed by atoms with Crippen LogP contribution in [0.15, 0.2) is 47.5 Å². The third kappa shape index (κ3) is 5.42. The number of hydrogen-bond acceptors (Lipinski definition) is 4. The monoisotopic (exact) mass is 468 g/mol. The van der Waals surface area contributed by atoms with Crippen LogP contribution in [-0.2, 0) is 6.54 Å². The maximum atomic E-state index is 13.1. The van der Waals surface area contributed by atoms with E-state index in [1.54, 1.807) is 25.3 Å². The smallest absolute Gasteiger partial charge is 0.295 e. The highest BCUT2D eigenvalue weighted by Gasteiger charge is 2.28. The number of halogens is 4. The molecule has 0 saturated carbocycles. The highest BCUT2D eigenvalue weighted by Crippen LogP contribution is 2.35. The van der Waals surface area contributed by atoms with Gasteiger partial charge >= 0.3 is 0 Å². The van der Waals surface area contributed by atoms with Gasteiger partial charge in [0.1, 0.15) is 5.54 Å². The Balaban J connectivity index is 1.76. The molecule has 0 aliphatic heterocycles. The van der Waals surface area contributed by atoms with Gasteiger partial charge in [-0.15, -0.1) is 0 Å². The number of hydrogen-bond donors (Lipinski definition) is 1. The highest BCUT2D eigenvalue weighted by atomic mass is 35.5. The van der Waals surface area contributed by atoms with Crippen molar-refractivity contribution in [2.45, 2.75) is 36.1 Å². The Hall–Kier alpha value is -2.34. The van der Waals surface area contributed by atoms with E-state index >= 15 is 0 Å². The van der Waals surface area contributed by atoms with Crippen molar-refractivity contribution in [3.8, 4) is 6.07 Å². The molecule has 1 amide bonds. The molecule has 0 spiro atoms. The summed E-state index contributed by atoms with van der Waals surface area (Å²) in [6.07, 6.45) is 1.67. The molecule has 1 unspecified atom stereocenters. The van der Waals surface area contributed by atoms with Crippen molar-refractivity contribution in [3.05, 3.63) is 58.2 Å². The predicted octanol–water partition coefficient (Wildman–Crippen LogP) is 5.76. The van der Waals surface area contributed by atoms with E-state index in [0.717, 1.165) is 6.92 Å². The predicted molar refractivity (Wildman–Crippen MR) is 114 cm³/mol. The number of fused-ring (bicyclic) bond motifs is 1. The molecule has 30 heavy (non-hydrogen) atoms. The molecular weight excluding hydrogens is 453 g/mol. The quantitative estimate of drug-likeness (QED) is 0.466. The van der Waals surface area contributed by atoms with E-state index in [9.17, 15) is 18.8 Å². The summed E-state index contributed by atoms with van der Waals surface area (Å²) in [6, 6.07) is 11.1. The fraction of sp³-hybridized carbons (Fsp3) is 0.250. The van der Waals surface area contributed by atoms with Crippen molar-refractivity contribution in [3.63, 3.8) is 0 Å². The molecule has 0 bridgehead atoms. The lowest BCUT2D eigenvalue weighted by Gasteiger charge is -2.23. The van der Waals surface area contributed by atoms with Crippen LogP contribution >= 0.6 is 35.0 Å². The minimum atomic E-state index is -2.91. The third-order valence-corrected chi connectivity index (χ3v) is 5.51. The van der Waals surface area contributed by atoms with Crippen LogP contribution in [0.4, 0.5) is 8.78 Å². The summed E-state index contributed by atoms with van der Waals surface area (Å²) in [5.41, 5.74) is -0.458. The molecule has 0 radical (unpaired) electrons. The first-order valence-corrected chi connectivity index (χ1v) is 10.3. The van der Waals surface area contributed by atoms with Crippen LogP contribution in [0.3, 0.4) is 0 Å². The van der Waals surface area contributed by atoms with Crippen LogP contribution in [0.25, 0.3) is 10.9 Å². The molecule has 1 N–H and O–H groups in total. The van der Waals surface area contributed by atoms with Crippen LogP contribution in [0.2, 0.25) is 10.0 Å². The normalized spacial score (nSPS) is 13.6. The second kappa shape index (κ2) is 8.42. The van der Waals surface area contributed by atoms with Gasteiger partial charge in [-0.2, -0.15) is 19.1 Å². The van der Waals surface area contributed by atoms with E-state index in [-0.39, 0.29) is 12.1 Å². The molecule has 1 aromatic heterocycles. The van der Waals surface area contributed by atoms with Gasteiger partial charge in [0.05, 0.1) is 23.2 Å². The number of rotatable bonds is 6. The van der Waals surface area contributed by atoms with Crippen LogP contribution < -0.4 is 5.32 Å². The van der Waals surface area contributed by atoms with Gasteiger partial charge in [0.15, 0.2) is 0 Å². The van der Waals surface area contributed by atoms with Gasteiger partial charge in [0, 0.05) is 34.0 Å². The van der Waals surface area contributed by atoms with E-state index in [1.807, 2.05) is 0 Å². The van der Waals surface area contributed by atoms with Crippen LogP contribution in [-0.4, -0.2) is 26.5 Å². The molecule has 0 saturated heterocycles. The summed E-state index contributed by atoms with van der Waals surface area (Å²) in [5, 5.41) is 15.3. The second-order valence-corrected chi connectivity index (χ2v) is 9.22. The fourth-order valence-electron chi connectivity index (χ4n) is 2.81. The molecule has 156 valence electrons. The van der Waals surface area contributed by atoms with Crippen molar-refractivity contribution >= 4 is 51.8 Å². The average molecular weight is 469 g/mol. The van der Waals surface area contributed by atoms with Crippen LogP contribution in [0, 0.1) is 11.3 Å². The van der Waals surface area contributed by atoms with E-state index in [1.165, 1.54) is 28.9 Å². The lowest BCUT2D eigenvalue weighted by molar-refractivity contribution is 0.0917. The average Bonchev–Trinajstić information content (AvgIpc) is 3.03. The lowest BCUT2D eigenvalue weighted by Crippen LogP contribution is -2.48. The maximum absolute atomic E-state index is 13.1. The summed E-state index contributed by atoms with van der Waals surface area (Å²) < 4.78 is 27.7. The first kappa shape index (κ1) is 22.3. The SMILES string of the molecule is CC(C#N)(Cn1cc2c(Cl)cc(Cl)cc2n1)NC(=O)c1ccc(SC(C)(F)F)cc1. The Kier molecular flexibility index (Phi) is 6.27. The van der Waals surface area contributed by atoms with Crippen molar-refractivity contribution in [1.82, 2.24) is 15.1 Å². The Bertz CT molecular complexity index is 1140. The van der Waals surface area contributed by atoms with Gasteiger partial charge in [0.25, 0.3) is 11.2 Å². The number of aromatic nitrogens is 2. The second-order valence-electron chi connectivity index (χ2n) is 6.98. The fourth-order valence-corrected chi connectivity index (χ4v) is 4.03. The van der Waals surface area contributed by atoms with Crippen molar-refractivity contribution in [2.75, 3.05) is 0 Å². The molecule has 10 heteroatoms. The standard InChI is InChI=1S/C20H16Cl2F2N4OS/c1-19(10-25,11-28-9-15-16(22)7-13(21)8-17(15)27-28)26-18(29)12-3-5-14(6-4-12)30-20(2,23)24/h3-9H,11H2,1-2H3,(H,26,29). The number of carbonyl (C=O) groups is 1. The number of alkyl halides is 2. The summed E-state index contributed by atoms with van der Waals surface area (Å²) in [4.78, 5) is 12.9. The van der Waals surface area contributed by atoms with Crippen molar-refractivity contribution in [2.24, 2.45) is 0 Å². The largest absolute Gasteiger partial charge is 0.332 e. The molecular formula is C20H16Cl2F2N4OS. The van der Waals surface area contributed by atoms with Gasteiger partial charge in [-0.3, -0.25) is 9.48 Å². The molecule has 2 aromatic carbocycles. The number of benzene rings is 2. The molecule has 0 fully saturated rings. The third-order valence-electron chi connectivity index (χ3n) is 4.11. The molecule has 1 heterocycles. The van der Waals surface area contributed by atoms with Crippen molar-refractivity contribution in [1.29, 1.82) is 5.26 Å². The number of thioether (sulfide) groups is 1. The highest BCUT2D eigenvalue weighted by molar-refractivity contribution is 8.00. The Morgan fingerprint density at radius 3 is 2.53 bits per heavy atom.